The molecule has 6 heteroatoms. The molecule has 0 saturated carbocycles. The molecule has 116 valence electrons. The summed E-state index contributed by atoms with van der Waals surface area (Å²) in [6.07, 6.45) is 0.128. The summed E-state index contributed by atoms with van der Waals surface area (Å²) in [5, 5.41) is 19.9. The first-order valence-electron chi connectivity index (χ1n) is 7.01. The van der Waals surface area contributed by atoms with E-state index in [4.69, 9.17) is 22.7 Å². The van der Waals surface area contributed by atoms with Crippen LogP contribution in [0, 0.1) is 0 Å². The van der Waals surface area contributed by atoms with E-state index < -0.39 is 11.7 Å². The molecule has 4 N–H and O–H groups in total. The molecular formula is C15H22N2O3S. The first-order valence-corrected chi connectivity index (χ1v) is 7.42. The maximum atomic E-state index is 10.0. The quantitative estimate of drug-likeness (QED) is 0.665. The molecule has 1 aliphatic rings. The van der Waals surface area contributed by atoms with Gasteiger partial charge in [0, 0.05) is 25.2 Å². The Hall–Kier alpha value is -1.21. The van der Waals surface area contributed by atoms with Crippen LogP contribution in [0.2, 0.25) is 0 Å². The van der Waals surface area contributed by atoms with Crippen LogP contribution >= 0.6 is 12.2 Å². The molecule has 1 saturated heterocycles. The number of nitrogens with zero attached hydrogens (tertiary/aromatic N) is 1. The van der Waals surface area contributed by atoms with E-state index >= 15 is 0 Å². The molecule has 2 unspecified atom stereocenters. The monoisotopic (exact) mass is 310 g/mol. The molecule has 0 spiro atoms. The summed E-state index contributed by atoms with van der Waals surface area (Å²) in [4.78, 5) is 2.36. The second kappa shape index (κ2) is 6.70. The van der Waals surface area contributed by atoms with Gasteiger partial charge in [-0.2, -0.15) is 0 Å². The first-order chi connectivity index (χ1) is 9.85. The van der Waals surface area contributed by atoms with Gasteiger partial charge in [-0.15, -0.1) is 0 Å². The van der Waals surface area contributed by atoms with Crippen molar-refractivity contribution >= 4 is 17.2 Å². The van der Waals surface area contributed by atoms with E-state index in [0.29, 0.717) is 23.8 Å². The Kier molecular flexibility index (Phi) is 5.16. The number of nitrogens with two attached hydrogens (primary N) is 1. The van der Waals surface area contributed by atoms with Crippen molar-refractivity contribution < 1.29 is 14.9 Å². The number of ether oxygens (including phenoxy) is 1. The number of aliphatic hydroxyl groups excluding tert-OH is 1. The molecule has 2 rings (SSSR count). The zero-order valence-electron chi connectivity index (χ0n) is 12.2. The van der Waals surface area contributed by atoms with E-state index in [1.165, 1.54) is 0 Å². The Labute approximate surface area is 130 Å². The minimum Gasteiger partial charge on any atom is -0.491 e. The number of hydrogen-bond acceptors (Lipinski definition) is 5. The molecule has 0 bridgehead atoms. The number of benzene rings is 1. The zero-order chi connectivity index (χ0) is 15.5. The van der Waals surface area contributed by atoms with Gasteiger partial charge in [0.1, 0.15) is 23.4 Å². The number of likely N-dealkylation sites (tertiary alicyclic amines) is 1. The number of β-amino-alcohol motifs (C(OH)–C–C–N with tert-alkyl or cyclic N) is 2. The fourth-order valence-electron chi connectivity index (χ4n) is 2.48. The van der Waals surface area contributed by atoms with Crippen molar-refractivity contribution in [3.8, 4) is 5.75 Å². The van der Waals surface area contributed by atoms with Crippen LogP contribution in [0.1, 0.15) is 18.9 Å². The van der Waals surface area contributed by atoms with Crippen molar-refractivity contribution in [1.29, 1.82) is 0 Å². The summed E-state index contributed by atoms with van der Waals surface area (Å²) in [5.41, 5.74) is 5.67. The third-order valence-electron chi connectivity index (χ3n) is 3.56. The van der Waals surface area contributed by atoms with Gasteiger partial charge in [0.15, 0.2) is 0 Å². The largest absolute Gasteiger partial charge is 0.491 e. The summed E-state index contributed by atoms with van der Waals surface area (Å²) in [6, 6.07) is 7.19. The second-order valence-electron chi connectivity index (χ2n) is 5.84. The lowest BCUT2D eigenvalue weighted by molar-refractivity contribution is 0.0467. The molecular weight excluding hydrogens is 288 g/mol. The van der Waals surface area contributed by atoms with Gasteiger partial charge in [-0.25, -0.2) is 0 Å². The Morgan fingerprint density at radius 1 is 1.57 bits per heavy atom. The maximum Gasteiger partial charge on any atom is 0.120 e. The highest BCUT2D eigenvalue weighted by molar-refractivity contribution is 7.80. The molecule has 1 aromatic rings. The zero-order valence-corrected chi connectivity index (χ0v) is 13.0. The third-order valence-corrected chi connectivity index (χ3v) is 3.80. The highest BCUT2D eigenvalue weighted by atomic mass is 32.1. The van der Waals surface area contributed by atoms with Crippen LogP contribution < -0.4 is 10.5 Å². The summed E-state index contributed by atoms with van der Waals surface area (Å²) in [7, 11) is 0. The highest BCUT2D eigenvalue weighted by Gasteiger charge is 2.31. The van der Waals surface area contributed by atoms with Crippen molar-refractivity contribution in [3.63, 3.8) is 0 Å². The van der Waals surface area contributed by atoms with Crippen LogP contribution in [-0.4, -0.2) is 58.0 Å². The smallest absolute Gasteiger partial charge is 0.120 e. The number of thiocarbonyl (C=S) groups is 1. The summed E-state index contributed by atoms with van der Waals surface area (Å²) in [5.74, 6) is 0.632. The molecule has 1 aliphatic heterocycles. The Morgan fingerprint density at radius 2 is 2.33 bits per heavy atom. The van der Waals surface area contributed by atoms with Crippen molar-refractivity contribution in [3.05, 3.63) is 29.8 Å². The number of hydrogen-bond donors (Lipinski definition) is 3. The Morgan fingerprint density at radius 3 is 2.95 bits per heavy atom. The van der Waals surface area contributed by atoms with E-state index in [2.05, 4.69) is 0 Å². The van der Waals surface area contributed by atoms with Crippen LogP contribution in [0.4, 0.5) is 0 Å². The van der Waals surface area contributed by atoms with Crippen LogP contribution in [0.25, 0.3) is 0 Å². The number of aliphatic hydroxyl groups is 2. The molecule has 0 amide bonds. The lowest BCUT2D eigenvalue weighted by Gasteiger charge is -2.21. The molecule has 0 radical (unpaired) electrons. The molecule has 2 atom stereocenters. The molecule has 21 heavy (non-hydrogen) atoms. The summed E-state index contributed by atoms with van der Waals surface area (Å²) >= 11 is 4.92. The van der Waals surface area contributed by atoms with Gasteiger partial charge in [0.2, 0.25) is 0 Å². The van der Waals surface area contributed by atoms with Crippen molar-refractivity contribution in [1.82, 2.24) is 4.90 Å². The fourth-order valence-corrected chi connectivity index (χ4v) is 2.60. The predicted octanol–water partition coefficient (Wildman–Crippen LogP) is 0.517. The van der Waals surface area contributed by atoms with Crippen LogP contribution in [0.3, 0.4) is 0 Å². The molecule has 0 aliphatic carbocycles. The van der Waals surface area contributed by atoms with E-state index in [1.54, 1.807) is 12.1 Å². The van der Waals surface area contributed by atoms with E-state index in [0.717, 1.165) is 18.5 Å². The van der Waals surface area contributed by atoms with Crippen LogP contribution in [-0.2, 0) is 0 Å². The molecule has 1 aromatic carbocycles. The van der Waals surface area contributed by atoms with Gasteiger partial charge in [0.05, 0.1) is 5.60 Å². The Balaban J connectivity index is 1.80. The lowest BCUT2D eigenvalue weighted by atomic mass is 10.1. The van der Waals surface area contributed by atoms with Crippen molar-refractivity contribution in [2.45, 2.75) is 25.0 Å². The fraction of sp³-hybridized carbons (Fsp3) is 0.533. The molecule has 0 aromatic heterocycles. The third kappa shape index (κ3) is 4.93. The average Bonchev–Trinajstić information content (AvgIpc) is 2.76. The minimum atomic E-state index is -0.647. The lowest BCUT2D eigenvalue weighted by Crippen LogP contribution is -2.37. The van der Waals surface area contributed by atoms with Crippen LogP contribution in [0.15, 0.2) is 24.3 Å². The standard InChI is InChI=1S/C15H22N2O3S/c1-15(19)5-6-17(10-15)8-12(18)9-20-13-4-2-3-11(7-13)14(16)21/h2-4,7,12,18-19H,5-6,8-10H2,1H3,(H2,16,21). The minimum absolute atomic E-state index is 0.194. The van der Waals surface area contributed by atoms with Crippen molar-refractivity contribution in [2.24, 2.45) is 5.73 Å². The van der Waals surface area contributed by atoms with Gasteiger partial charge >= 0.3 is 0 Å². The Bertz CT molecular complexity index is 507. The topological polar surface area (TPSA) is 79.0 Å². The molecule has 5 nitrogen and oxygen atoms in total. The SMILES string of the molecule is CC1(O)CCN(CC(O)COc2cccc(C(N)=S)c2)C1. The van der Waals surface area contributed by atoms with Crippen LogP contribution in [0.5, 0.6) is 5.75 Å². The van der Waals surface area contributed by atoms with Gasteiger partial charge < -0.3 is 20.7 Å². The van der Waals surface area contributed by atoms with E-state index in [-0.39, 0.29) is 6.61 Å². The predicted molar refractivity (Wildman–Crippen MR) is 85.5 cm³/mol. The summed E-state index contributed by atoms with van der Waals surface area (Å²) in [6.45, 7) is 3.88. The van der Waals surface area contributed by atoms with Crippen molar-refractivity contribution in [2.75, 3.05) is 26.2 Å². The summed E-state index contributed by atoms with van der Waals surface area (Å²) < 4.78 is 5.57. The highest BCUT2D eigenvalue weighted by Crippen LogP contribution is 2.20. The van der Waals surface area contributed by atoms with E-state index in [9.17, 15) is 10.2 Å². The van der Waals surface area contributed by atoms with E-state index in [1.807, 2.05) is 24.0 Å². The normalized spacial score (nSPS) is 24.0. The van der Waals surface area contributed by atoms with Gasteiger partial charge in [-0.1, -0.05) is 24.4 Å². The molecule has 1 fully saturated rings. The molecule has 1 heterocycles. The average molecular weight is 310 g/mol. The maximum absolute atomic E-state index is 10.0. The van der Waals surface area contributed by atoms with Gasteiger partial charge in [-0.05, 0) is 25.5 Å². The van der Waals surface area contributed by atoms with Gasteiger partial charge in [-0.3, -0.25) is 4.90 Å². The van der Waals surface area contributed by atoms with Gasteiger partial charge in [0.25, 0.3) is 0 Å². The second-order valence-corrected chi connectivity index (χ2v) is 6.28. The first kappa shape index (κ1) is 16.2. The number of rotatable bonds is 6.